The van der Waals surface area contributed by atoms with E-state index in [9.17, 15) is 27.2 Å². The third-order valence-electron chi connectivity index (χ3n) is 7.62. The summed E-state index contributed by atoms with van der Waals surface area (Å²) >= 11 is 13.4. The van der Waals surface area contributed by atoms with Crippen molar-refractivity contribution >= 4 is 51.7 Å². The van der Waals surface area contributed by atoms with E-state index < -0.39 is 29.7 Å². The van der Waals surface area contributed by atoms with Gasteiger partial charge in [-0.2, -0.15) is 0 Å². The average molecular weight is 659 g/mol. The van der Waals surface area contributed by atoms with Crippen LogP contribution in [-0.2, 0) is 24.3 Å². The summed E-state index contributed by atoms with van der Waals surface area (Å²) in [6.07, 6.45) is -0.558. The van der Waals surface area contributed by atoms with E-state index in [2.05, 4.69) is 10.6 Å². The molecular formula is C31H37Cl2F4N5O2. The lowest BCUT2D eigenvalue weighted by Gasteiger charge is -2.34. The van der Waals surface area contributed by atoms with E-state index in [1.54, 1.807) is 23.1 Å². The Morgan fingerprint density at radius 3 is 2.30 bits per heavy atom. The van der Waals surface area contributed by atoms with E-state index in [0.717, 1.165) is 0 Å². The molecule has 0 atom stereocenters. The predicted molar refractivity (Wildman–Crippen MR) is 165 cm³/mol. The minimum Gasteiger partial charge on any atom is -0.370 e. The number of carbonyl (C=O) groups is 2. The van der Waals surface area contributed by atoms with Crippen LogP contribution in [0.5, 0.6) is 0 Å². The molecular weight excluding hydrogens is 621 g/mol. The number of benzene rings is 2. The maximum atomic E-state index is 14.0. The number of halogens is 6. The van der Waals surface area contributed by atoms with Crippen LogP contribution in [0, 0.1) is 5.41 Å². The first kappa shape index (κ1) is 33.8. The van der Waals surface area contributed by atoms with Gasteiger partial charge in [0, 0.05) is 62.8 Å². The molecule has 0 spiro atoms. The Hall–Kier alpha value is -3.05. The number of fused-ring (bicyclic) bond motifs is 1. The van der Waals surface area contributed by atoms with E-state index in [4.69, 9.17) is 28.2 Å². The van der Waals surface area contributed by atoms with Crippen LogP contribution < -0.4 is 15.5 Å². The Balaban J connectivity index is 1.74. The fourth-order valence-corrected chi connectivity index (χ4v) is 5.66. The van der Waals surface area contributed by atoms with E-state index in [1.807, 2.05) is 32.3 Å². The van der Waals surface area contributed by atoms with Gasteiger partial charge in [0.05, 0.1) is 33.9 Å². The lowest BCUT2D eigenvalue weighted by atomic mass is 9.95. The number of nitrogens with one attached hydrogen (secondary N) is 2. The molecule has 44 heavy (non-hydrogen) atoms. The molecule has 1 fully saturated rings. The van der Waals surface area contributed by atoms with Gasteiger partial charge in [-0.1, -0.05) is 50.0 Å². The second kappa shape index (κ2) is 12.7. The fourth-order valence-electron chi connectivity index (χ4n) is 5.09. The van der Waals surface area contributed by atoms with Crippen molar-refractivity contribution in [1.29, 1.82) is 0 Å². The molecule has 1 aromatic heterocycles. The normalized spacial score (nSPS) is 15.5. The molecule has 240 valence electrons. The summed E-state index contributed by atoms with van der Waals surface area (Å²) < 4.78 is 57.0. The number of aryl methyl sites for hydroxylation is 1. The zero-order valence-electron chi connectivity index (χ0n) is 25.4. The van der Waals surface area contributed by atoms with Crippen LogP contribution in [0.1, 0.15) is 74.8 Å². The highest BCUT2D eigenvalue weighted by Crippen LogP contribution is 2.36. The summed E-state index contributed by atoms with van der Waals surface area (Å²) in [5.74, 6) is -6.24. The van der Waals surface area contributed by atoms with Crippen LogP contribution in [-0.4, -0.2) is 52.8 Å². The van der Waals surface area contributed by atoms with Gasteiger partial charge in [0.25, 0.3) is 17.8 Å². The molecule has 2 N–H and O–H groups in total. The largest absolute Gasteiger partial charge is 0.370 e. The van der Waals surface area contributed by atoms with Gasteiger partial charge in [-0.3, -0.25) is 9.59 Å². The molecule has 3 aromatic rings. The van der Waals surface area contributed by atoms with Crippen molar-refractivity contribution in [3.63, 3.8) is 0 Å². The van der Waals surface area contributed by atoms with Crippen LogP contribution >= 0.6 is 23.2 Å². The summed E-state index contributed by atoms with van der Waals surface area (Å²) in [4.78, 5) is 32.0. The average Bonchev–Trinajstić information content (AvgIpc) is 3.27. The summed E-state index contributed by atoms with van der Waals surface area (Å²) in [5, 5.41) is 5.95. The molecule has 0 bridgehead atoms. The molecule has 1 aliphatic rings. The maximum Gasteiger partial charge on any atom is 0.262 e. The molecule has 13 heteroatoms. The standard InChI is InChI=1S/C31H37Cl2F4N5O2/c1-6-42-24-15-23(41-11-9-31(36,37)10-12-41)20(27(43)39-17-30(5,34)35)13-22(24)40-25(42)14-19-21(32)8-7-18(26(19)33)16-38-28(44)29(2,3)4/h7-8,13,15H,6,9-12,14,16-17H2,1-5H3,(H,38,44)(H,39,43). The van der Waals surface area contributed by atoms with Crippen LogP contribution in [0.4, 0.5) is 23.2 Å². The molecule has 0 unspecified atom stereocenters. The van der Waals surface area contributed by atoms with Gasteiger partial charge >= 0.3 is 0 Å². The Morgan fingerprint density at radius 2 is 1.70 bits per heavy atom. The van der Waals surface area contributed by atoms with Crippen molar-refractivity contribution in [1.82, 2.24) is 20.2 Å². The third-order valence-corrected chi connectivity index (χ3v) is 8.45. The molecule has 2 amide bonds. The van der Waals surface area contributed by atoms with Crippen molar-refractivity contribution in [3.8, 4) is 0 Å². The number of hydrogen-bond acceptors (Lipinski definition) is 4. The number of aromatic nitrogens is 2. The first-order valence-corrected chi connectivity index (χ1v) is 15.2. The quantitative estimate of drug-likeness (QED) is 0.238. The van der Waals surface area contributed by atoms with Crippen molar-refractivity contribution in [3.05, 3.63) is 56.8 Å². The number of piperidine rings is 1. The highest BCUT2D eigenvalue weighted by molar-refractivity contribution is 6.36. The summed E-state index contributed by atoms with van der Waals surface area (Å²) in [5.41, 5.74) is 2.23. The number of imidazole rings is 1. The lowest BCUT2D eigenvalue weighted by molar-refractivity contribution is -0.128. The molecule has 2 heterocycles. The highest BCUT2D eigenvalue weighted by Gasteiger charge is 2.35. The van der Waals surface area contributed by atoms with Crippen LogP contribution in [0.15, 0.2) is 24.3 Å². The smallest absolute Gasteiger partial charge is 0.262 e. The summed E-state index contributed by atoms with van der Waals surface area (Å²) in [6, 6.07) is 6.67. The highest BCUT2D eigenvalue weighted by atomic mass is 35.5. The van der Waals surface area contributed by atoms with Crippen LogP contribution in [0.25, 0.3) is 11.0 Å². The fraction of sp³-hybridized carbons (Fsp3) is 0.516. The zero-order chi connectivity index (χ0) is 32.6. The molecule has 1 saturated heterocycles. The number of carbonyl (C=O) groups excluding carboxylic acids is 2. The van der Waals surface area contributed by atoms with Gasteiger partial charge in [-0.25, -0.2) is 22.5 Å². The number of rotatable bonds is 9. The molecule has 4 rings (SSSR count). The van der Waals surface area contributed by atoms with E-state index in [-0.39, 0.29) is 50.4 Å². The van der Waals surface area contributed by atoms with Gasteiger partial charge < -0.3 is 20.1 Å². The Kier molecular flexibility index (Phi) is 9.80. The van der Waals surface area contributed by atoms with Crippen LogP contribution in [0.2, 0.25) is 10.0 Å². The SMILES string of the molecule is CCn1c(Cc2c(Cl)ccc(CNC(=O)C(C)(C)C)c2Cl)nc2cc(C(=O)NCC(C)(F)F)c(N3CCC(F)(F)CC3)cc21. The molecule has 2 aromatic carbocycles. The van der Waals surface area contributed by atoms with E-state index in [0.29, 0.717) is 57.2 Å². The van der Waals surface area contributed by atoms with Gasteiger partial charge in [0.2, 0.25) is 5.91 Å². The Bertz CT molecular complexity index is 1550. The first-order chi connectivity index (χ1) is 20.4. The third kappa shape index (κ3) is 7.77. The van der Waals surface area contributed by atoms with E-state index in [1.165, 1.54) is 6.07 Å². The second-order valence-electron chi connectivity index (χ2n) is 12.3. The van der Waals surface area contributed by atoms with Crippen LogP contribution in [0.3, 0.4) is 0 Å². The van der Waals surface area contributed by atoms with Crippen molar-refractivity contribution in [2.45, 2.75) is 78.8 Å². The van der Waals surface area contributed by atoms with Crippen molar-refractivity contribution < 1.29 is 27.2 Å². The molecule has 1 aliphatic heterocycles. The Morgan fingerprint density at radius 1 is 1.05 bits per heavy atom. The van der Waals surface area contributed by atoms with Crippen molar-refractivity contribution in [2.24, 2.45) is 5.41 Å². The number of hydrogen-bond donors (Lipinski definition) is 2. The second-order valence-corrected chi connectivity index (χ2v) is 13.1. The number of amides is 2. The summed E-state index contributed by atoms with van der Waals surface area (Å²) in [7, 11) is 0. The van der Waals surface area contributed by atoms with E-state index >= 15 is 0 Å². The predicted octanol–water partition coefficient (Wildman–Crippen LogP) is 7.24. The van der Waals surface area contributed by atoms with Gasteiger partial charge in [0.1, 0.15) is 5.82 Å². The zero-order valence-corrected chi connectivity index (χ0v) is 26.9. The molecule has 7 nitrogen and oxygen atoms in total. The van der Waals surface area contributed by atoms with Crippen molar-refractivity contribution in [2.75, 3.05) is 24.5 Å². The molecule has 0 saturated carbocycles. The lowest BCUT2D eigenvalue weighted by Crippen LogP contribution is -2.41. The van der Waals surface area contributed by atoms with Gasteiger partial charge in [0.15, 0.2) is 0 Å². The van der Waals surface area contributed by atoms with Gasteiger partial charge in [-0.15, -0.1) is 0 Å². The molecule has 0 aliphatic carbocycles. The van der Waals surface area contributed by atoms with Gasteiger partial charge in [-0.05, 0) is 36.2 Å². The maximum absolute atomic E-state index is 14.0. The topological polar surface area (TPSA) is 79.3 Å². The first-order valence-electron chi connectivity index (χ1n) is 14.5. The minimum absolute atomic E-state index is 0.000393. The monoisotopic (exact) mass is 657 g/mol. The number of alkyl halides is 4. The molecule has 0 radical (unpaired) electrons. The number of anilines is 1. The minimum atomic E-state index is -3.13. The summed E-state index contributed by atoms with van der Waals surface area (Å²) in [6.45, 7) is 7.86. The Labute approximate surface area is 264 Å². The number of nitrogens with zero attached hydrogens (tertiary/aromatic N) is 3.